The third kappa shape index (κ3) is 2.42. The monoisotopic (exact) mass is 287 g/mol. The first-order valence-electron chi connectivity index (χ1n) is 6.75. The van der Waals surface area contributed by atoms with Crippen LogP contribution in [0.1, 0.15) is 25.1 Å². The number of hydrogen-bond donors (Lipinski definition) is 1. The van der Waals surface area contributed by atoms with Crippen molar-refractivity contribution >= 4 is 17.1 Å². The molecule has 0 fully saturated rings. The van der Waals surface area contributed by atoms with Gasteiger partial charge in [-0.1, -0.05) is 0 Å². The maximum Gasteiger partial charge on any atom is 0.245 e. The number of nitrogens with two attached hydrogens (primary N) is 1. The number of nitrogens with zero attached hydrogens (tertiary/aromatic N) is 4. The second-order valence-electron chi connectivity index (χ2n) is 4.86. The van der Waals surface area contributed by atoms with Gasteiger partial charge in [0.1, 0.15) is 12.1 Å². The quantitative estimate of drug-likeness (QED) is 0.773. The molecule has 3 rings (SSSR count). The Morgan fingerprint density at radius 3 is 3.00 bits per heavy atom. The van der Waals surface area contributed by atoms with Crippen molar-refractivity contribution in [3.05, 3.63) is 30.5 Å². The van der Waals surface area contributed by atoms with Crippen molar-refractivity contribution in [2.75, 3.05) is 12.8 Å². The van der Waals surface area contributed by atoms with Gasteiger partial charge in [0.2, 0.25) is 11.8 Å². The molecular weight excluding hydrogens is 270 g/mol. The van der Waals surface area contributed by atoms with E-state index in [1.165, 1.54) is 6.33 Å². The van der Waals surface area contributed by atoms with Crippen molar-refractivity contribution in [2.24, 2.45) is 0 Å². The van der Waals surface area contributed by atoms with Crippen LogP contribution in [0.4, 0.5) is 5.95 Å². The highest BCUT2D eigenvalue weighted by molar-refractivity contribution is 5.79. The Morgan fingerprint density at radius 2 is 2.29 bits per heavy atom. The highest BCUT2D eigenvalue weighted by atomic mass is 16.5. The molecule has 0 aliphatic carbocycles. The molecule has 0 radical (unpaired) electrons. The molecule has 0 aromatic carbocycles. The van der Waals surface area contributed by atoms with Crippen LogP contribution in [0, 0.1) is 0 Å². The second-order valence-corrected chi connectivity index (χ2v) is 4.86. The molecule has 1 unspecified atom stereocenters. The number of ether oxygens (including phenoxy) is 1. The number of methoxy groups -OCH3 is 1. The van der Waals surface area contributed by atoms with E-state index in [1.54, 1.807) is 13.4 Å². The van der Waals surface area contributed by atoms with Gasteiger partial charge < -0.3 is 14.9 Å². The van der Waals surface area contributed by atoms with Crippen LogP contribution in [0.15, 0.2) is 29.1 Å². The largest absolute Gasteiger partial charge is 0.479 e. The average Bonchev–Trinajstić information content (AvgIpc) is 3.10. The standard InChI is InChI=1S/C14H17N5O2/c1-9(5-6-10-4-3-7-21-10)19-12-11(18-14(19)15)13(20-2)17-8-16-12/h3-4,7-9H,5-6H2,1-2H3,(H2,15,18). The Labute approximate surface area is 121 Å². The zero-order valence-corrected chi connectivity index (χ0v) is 12.0. The summed E-state index contributed by atoms with van der Waals surface area (Å²) in [7, 11) is 1.55. The van der Waals surface area contributed by atoms with E-state index in [9.17, 15) is 0 Å². The van der Waals surface area contributed by atoms with Gasteiger partial charge in [0.15, 0.2) is 11.2 Å². The predicted octanol–water partition coefficient (Wildman–Crippen LogP) is 2.20. The zero-order chi connectivity index (χ0) is 14.8. The number of aryl methyl sites for hydroxylation is 1. The molecular formula is C14H17N5O2. The van der Waals surface area contributed by atoms with E-state index in [2.05, 4.69) is 21.9 Å². The first kappa shape index (κ1) is 13.4. The molecule has 0 bridgehead atoms. The summed E-state index contributed by atoms with van der Waals surface area (Å²) in [5.41, 5.74) is 7.30. The van der Waals surface area contributed by atoms with Crippen LogP contribution in [0.5, 0.6) is 5.88 Å². The summed E-state index contributed by atoms with van der Waals surface area (Å²) >= 11 is 0. The fourth-order valence-electron chi connectivity index (χ4n) is 2.42. The number of fused-ring (bicyclic) bond motifs is 1. The number of furan rings is 1. The highest BCUT2D eigenvalue weighted by Gasteiger charge is 2.18. The lowest BCUT2D eigenvalue weighted by Gasteiger charge is -2.14. The maximum atomic E-state index is 6.03. The summed E-state index contributed by atoms with van der Waals surface area (Å²) in [6, 6.07) is 3.99. The molecule has 0 saturated carbocycles. The van der Waals surface area contributed by atoms with Gasteiger partial charge in [-0.2, -0.15) is 4.98 Å². The van der Waals surface area contributed by atoms with Crippen LogP contribution in [-0.2, 0) is 6.42 Å². The summed E-state index contributed by atoms with van der Waals surface area (Å²) in [6.45, 7) is 2.08. The Bertz CT molecular complexity index is 735. The number of imidazole rings is 1. The lowest BCUT2D eigenvalue weighted by atomic mass is 10.1. The predicted molar refractivity (Wildman–Crippen MR) is 78.0 cm³/mol. The van der Waals surface area contributed by atoms with Crippen LogP contribution in [0.3, 0.4) is 0 Å². The number of rotatable bonds is 5. The molecule has 0 spiro atoms. The van der Waals surface area contributed by atoms with Gasteiger partial charge in [-0.15, -0.1) is 0 Å². The molecule has 1 atom stereocenters. The average molecular weight is 287 g/mol. The summed E-state index contributed by atoms with van der Waals surface area (Å²) in [5, 5.41) is 0. The van der Waals surface area contributed by atoms with Crippen LogP contribution in [0.2, 0.25) is 0 Å². The zero-order valence-electron chi connectivity index (χ0n) is 12.0. The lowest BCUT2D eigenvalue weighted by molar-refractivity contribution is 0.401. The van der Waals surface area contributed by atoms with Gasteiger partial charge in [-0.25, -0.2) is 9.97 Å². The van der Waals surface area contributed by atoms with Crippen LogP contribution < -0.4 is 10.5 Å². The molecule has 3 aromatic heterocycles. The molecule has 3 heterocycles. The SMILES string of the molecule is COc1ncnc2c1nc(N)n2C(C)CCc1ccco1. The first-order valence-corrected chi connectivity index (χ1v) is 6.75. The Balaban J connectivity index is 1.90. The minimum Gasteiger partial charge on any atom is -0.479 e. The smallest absolute Gasteiger partial charge is 0.245 e. The molecule has 7 nitrogen and oxygen atoms in total. The molecule has 3 aromatic rings. The molecule has 21 heavy (non-hydrogen) atoms. The first-order chi connectivity index (χ1) is 10.2. The van der Waals surface area contributed by atoms with E-state index in [4.69, 9.17) is 14.9 Å². The maximum absolute atomic E-state index is 6.03. The van der Waals surface area contributed by atoms with Crippen LogP contribution in [-0.4, -0.2) is 26.6 Å². The molecule has 0 amide bonds. The summed E-state index contributed by atoms with van der Waals surface area (Å²) in [6.07, 6.45) is 4.84. The minimum absolute atomic E-state index is 0.139. The van der Waals surface area contributed by atoms with Gasteiger partial charge in [0, 0.05) is 12.5 Å². The number of nitrogen functional groups attached to an aromatic ring is 1. The van der Waals surface area contributed by atoms with Crippen molar-refractivity contribution in [2.45, 2.75) is 25.8 Å². The third-order valence-electron chi connectivity index (χ3n) is 3.49. The van der Waals surface area contributed by atoms with Gasteiger partial charge in [0.05, 0.1) is 13.4 Å². The van der Waals surface area contributed by atoms with Crippen LogP contribution >= 0.6 is 0 Å². The van der Waals surface area contributed by atoms with Crippen LogP contribution in [0.25, 0.3) is 11.2 Å². The fourth-order valence-corrected chi connectivity index (χ4v) is 2.42. The molecule has 0 aliphatic heterocycles. The number of aromatic nitrogens is 4. The molecule has 110 valence electrons. The molecule has 7 heteroatoms. The van der Waals surface area contributed by atoms with Crippen molar-refractivity contribution in [3.63, 3.8) is 0 Å². The topological polar surface area (TPSA) is 92.0 Å². The van der Waals surface area contributed by atoms with Crippen molar-refractivity contribution in [1.82, 2.24) is 19.5 Å². The Hall–Kier alpha value is -2.57. The Kier molecular flexibility index (Phi) is 3.47. The lowest BCUT2D eigenvalue weighted by Crippen LogP contribution is -2.10. The van der Waals surface area contributed by atoms with Crippen molar-refractivity contribution in [1.29, 1.82) is 0 Å². The third-order valence-corrected chi connectivity index (χ3v) is 3.49. The minimum atomic E-state index is 0.139. The van der Waals surface area contributed by atoms with Crippen molar-refractivity contribution < 1.29 is 9.15 Å². The molecule has 2 N–H and O–H groups in total. The van der Waals surface area contributed by atoms with Gasteiger partial charge in [0.25, 0.3) is 0 Å². The number of anilines is 1. The van der Waals surface area contributed by atoms with E-state index in [0.29, 0.717) is 23.0 Å². The van der Waals surface area contributed by atoms with E-state index < -0.39 is 0 Å². The van der Waals surface area contributed by atoms with Crippen molar-refractivity contribution in [3.8, 4) is 5.88 Å². The molecule has 0 saturated heterocycles. The second kappa shape index (κ2) is 5.43. The van der Waals surface area contributed by atoms with Gasteiger partial charge >= 0.3 is 0 Å². The van der Waals surface area contributed by atoms with E-state index in [0.717, 1.165) is 18.6 Å². The van der Waals surface area contributed by atoms with E-state index in [-0.39, 0.29) is 6.04 Å². The summed E-state index contributed by atoms with van der Waals surface area (Å²) < 4.78 is 12.5. The van der Waals surface area contributed by atoms with Gasteiger partial charge in [-0.05, 0) is 25.5 Å². The Morgan fingerprint density at radius 1 is 1.43 bits per heavy atom. The molecule has 0 aliphatic rings. The number of hydrogen-bond acceptors (Lipinski definition) is 6. The summed E-state index contributed by atoms with van der Waals surface area (Å²) in [4.78, 5) is 12.6. The van der Waals surface area contributed by atoms with Gasteiger partial charge in [-0.3, -0.25) is 4.57 Å². The highest BCUT2D eigenvalue weighted by Crippen LogP contribution is 2.27. The summed E-state index contributed by atoms with van der Waals surface area (Å²) in [5.74, 6) is 1.80. The van der Waals surface area contributed by atoms with E-state index >= 15 is 0 Å². The van der Waals surface area contributed by atoms with E-state index in [1.807, 2.05) is 16.7 Å². The fraction of sp³-hybridized carbons (Fsp3) is 0.357. The normalized spacial score (nSPS) is 12.7.